The first-order valence-electron chi connectivity index (χ1n) is 6.07. The summed E-state index contributed by atoms with van der Waals surface area (Å²) in [7, 11) is 0. The average Bonchev–Trinajstić information content (AvgIpc) is 2.60. The highest BCUT2D eigenvalue weighted by atomic mass is 15.1. The summed E-state index contributed by atoms with van der Waals surface area (Å²) in [4.78, 5) is 0. The summed E-state index contributed by atoms with van der Waals surface area (Å²) in [6.45, 7) is 6.06. The van der Waals surface area contributed by atoms with E-state index in [2.05, 4.69) is 19.1 Å². The van der Waals surface area contributed by atoms with E-state index in [1.54, 1.807) is 0 Å². The summed E-state index contributed by atoms with van der Waals surface area (Å²) >= 11 is 0. The molecule has 0 saturated carbocycles. The second-order valence-corrected chi connectivity index (χ2v) is 4.40. The molecular formula is C15H17N3. The third-order valence-electron chi connectivity index (χ3n) is 3.48. The van der Waals surface area contributed by atoms with Crippen LogP contribution in [0.25, 0.3) is 5.69 Å². The van der Waals surface area contributed by atoms with Crippen molar-refractivity contribution in [1.29, 1.82) is 5.26 Å². The van der Waals surface area contributed by atoms with E-state index in [-0.39, 0.29) is 0 Å². The standard InChI is InChI=1S/C15H17N3/c1-4-12-7-5-6-8-14(12)18-11(3)10(2)13(9-16)15(18)17/h5-8H,4,17H2,1-3H3. The second kappa shape index (κ2) is 4.58. The minimum absolute atomic E-state index is 0.536. The first-order valence-corrected chi connectivity index (χ1v) is 6.07. The fourth-order valence-corrected chi connectivity index (χ4v) is 2.31. The van der Waals surface area contributed by atoms with Crippen molar-refractivity contribution < 1.29 is 0 Å². The van der Waals surface area contributed by atoms with Crippen LogP contribution in [0, 0.1) is 25.2 Å². The Bertz CT molecular complexity index is 630. The average molecular weight is 239 g/mol. The number of para-hydroxylation sites is 1. The van der Waals surface area contributed by atoms with Crippen LogP contribution in [-0.4, -0.2) is 4.57 Å². The molecule has 1 heterocycles. The van der Waals surface area contributed by atoms with Crippen LogP contribution < -0.4 is 5.73 Å². The minimum Gasteiger partial charge on any atom is -0.384 e. The summed E-state index contributed by atoms with van der Waals surface area (Å²) in [5, 5.41) is 9.17. The van der Waals surface area contributed by atoms with Gasteiger partial charge in [0, 0.05) is 5.69 Å². The first-order chi connectivity index (χ1) is 8.61. The number of hydrogen-bond donors (Lipinski definition) is 1. The summed E-state index contributed by atoms with van der Waals surface area (Å²) in [5.41, 5.74) is 11.0. The maximum atomic E-state index is 9.17. The normalized spacial score (nSPS) is 10.3. The van der Waals surface area contributed by atoms with E-state index in [1.165, 1.54) is 5.56 Å². The second-order valence-electron chi connectivity index (χ2n) is 4.40. The largest absolute Gasteiger partial charge is 0.384 e. The molecule has 0 spiro atoms. The highest BCUT2D eigenvalue weighted by Gasteiger charge is 2.17. The van der Waals surface area contributed by atoms with E-state index in [0.717, 1.165) is 23.4 Å². The molecule has 0 aliphatic rings. The van der Waals surface area contributed by atoms with Crippen LogP contribution in [0.15, 0.2) is 24.3 Å². The minimum atomic E-state index is 0.536. The summed E-state index contributed by atoms with van der Waals surface area (Å²) in [6, 6.07) is 10.3. The van der Waals surface area contributed by atoms with Crippen molar-refractivity contribution in [2.24, 2.45) is 0 Å². The molecule has 0 saturated heterocycles. The van der Waals surface area contributed by atoms with Gasteiger partial charge in [0.2, 0.25) is 0 Å². The van der Waals surface area contributed by atoms with Crippen LogP contribution in [0.1, 0.15) is 29.3 Å². The van der Waals surface area contributed by atoms with Crippen LogP contribution in [0.2, 0.25) is 0 Å². The number of anilines is 1. The molecule has 0 aliphatic heterocycles. The lowest BCUT2D eigenvalue weighted by Crippen LogP contribution is -2.05. The molecule has 3 nitrogen and oxygen atoms in total. The predicted octanol–water partition coefficient (Wildman–Crippen LogP) is 3.11. The third-order valence-corrected chi connectivity index (χ3v) is 3.48. The van der Waals surface area contributed by atoms with E-state index in [1.807, 2.05) is 36.6 Å². The van der Waals surface area contributed by atoms with Crippen molar-refractivity contribution in [3.8, 4) is 11.8 Å². The number of aromatic nitrogens is 1. The van der Waals surface area contributed by atoms with Crippen molar-refractivity contribution in [1.82, 2.24) is 4.57 Å². The Labute approximate surface area is 107 Å². The first kappa shape index (κ1) is 12.3. The van der Waals surface area contributed by atoms with Gasteiger partial charge in [0.05, 0.1) is 11.3 Å². The topological polar surface area (TPSA) is 54.7 Å². The van der Waals surface area contributed by atoms with Gasteiger partial charge in [-0.25, -0.2) is 0 Å². The van der Waals surface area contributed by atoms with Gasteiger partial charge in [-0.15, -0.1) is 0 Å². The molecule has 2 rings (SSSR count). The fraction of sp³-hybridized carbons (Fsp3) is 0.267. The van der Waals surface area contributed by atoms with Crippen molar-refractivity contribution in [2.45, 2.75) is 27.2 Å². The molecule has 2 N–H and O–H groups in total. The van der Waals surface area contributed by atoms with Crippen molar-refractivity contribution in [2.75, 3.05) is 5.73 Å². The van der Waals surface area contributed by atoms with E-state index >= 15 is 0 Å². The number of benzene rings is 1. The molecule has 0 atom stereocenters. The van der Waals surface area contributed by atoms with Crippen molar-refractivity contribution in [3.63, 3.8) is 0 Å². The predicted molar refractivity (Wildman–Crippen MR) is 73.7 cm³/mol. The number of nitrogens with two attached hydrogens (primary N) is 1. The van der Waals surface area contributed by atoms with E-state index in [0.29, 0.717) is 11.4 Å². The smallest absolute Gasteiger partial charge is 0.126 e. The van der Waals surface area contributed by atoms with Gasteiger partial charge in [-0.3, -0.25) is 4.57 Å². The maximum Gasteiger partial charge on any atom is 0.126 e. The summed E-state index contributed by atoms with van der Waals surface area (Å²) in [5.74, 6) is 0.536. The molecule has 3 heteroatoms. The number of aryl methyl sites for hydroxylation is 1. The monoisotopic (exact) mass is 239 g/mol. The van der Waals surface area contributed by atoms with Gasteiger partial charge in [0.1, 0.15) is 11.9 Å². The number of nitriles is 1. The van der Waals surface area contributed by atoms with Crippen LogP contribution in [0.3, 0.4) is 0 Å². The number of hydrogen-bond acceptors (Lipinski definition) is 2. The molecule has 0 amide bonds. The summed E-state index contributed by atoms with van der Waals surface area (Å²) < 4.78 is 1.98. The fourth-order valence-electron chi connectivity index (χ4n) is 2.31. The van der Waals surface area contributed by atoms with E-state index in [4.69, 9.17) is 11.0 Å². The highest BCUT2D eigenvalue weighted by Crippen LogP contribution is 2.29. The Hall–Kier alpha value is -2.21. The van der Waals surface area contributed by atoms with Gasteiger partial charge in [0.15, 0.2) is 0 Å². The number of nitrogens with zero attached hydrogens (tertiary/aromatic N) is 2. The molecule has 0 bridgehead atoms. The molecule has 0 unspecified atom stereocenters. The highest BCUT2D eigenvalue weighted by molar-refractivity contribution is 5.63. The van der Waals surface area contributed by atoms with E-state index < -0.39 is 0 Å². The van der Waals surface area contributed by atoms with Crippen molar-refractivity contribution in [3.05, 3.63) is 46.6 Å². The molecule has 0 radical (unpaired) electrons. The third kappa shape index (κ3) is 1.67. The Balaban J connectivity index is 2.77. The molecule has 0 fully saturated rings. The van der Waals surface area contributed by atoms with Gasteiger partial charge in [0.25, 0.3) is 0 Å². The lowest BCUT2D eigenvalue weighted by molar-refractivity contribution is 0.978. The number of nitrogen functional groups attached to an aromatic ring is 1. The SMILES string of the molecule is CCc1ccccc1-n1c(C)c(C)c(C#N)c1N. The zero-order valence-electron chi connectivity index (χ0n) is 11.0. The van der Waals surface area contributed by atoms with Gasteiger partial charge in [-0.2, -0.15) is 5.26 Å². The Morgan fingerprint density at radius 2 is 1.94 bits per heavy atom. The van der Waals surface area contributed by atoms with Gasteiger partial charge in [-0.1, -0.05) is 25.1 Å². The molecule has 2 aromatic rings. The Kier molecular flexibility index (Phi) is 3.12. The zero-order valence-corrected chi connectivity index (χ0v) is 11.0. The van der Waals surface area contributed by atoms with E-state index in [9.17, 15) is 0 Å². The summed E-state index contributed by atoms with van der Waals surface area (Å²) in [6.07, 6.45) is 0.939. The molecule has 92 valence electrons. The van der Waals surface area contributed by atoms with Crippen LogP contribution >= 0.6 is 0 Å². The van der Waals surface area contributed by atoms with Gasteiger partial charge >= 0.3 is 0 Å². The maximum absolute atomic E-state index is 9.17. The van der Waals surface area contributed by atoms with Gasteiger partial charge in [-0.05, 0) is 37.5 Å². The lowest BCUT2D eigenvalue weighted by atomic mass is 10.1. The van der Waals surface area contributed by atoms with Crippen LogP contribution in [0.5, 0.6) is 0 Å². The quantitative estimate of drug-likeness (QED) is 0.875. The molecule has 1 aromatic carbocycles. The molecular weight excluding hydrogens is 222 g/mol. The van der Waals surface area contributed by atoms with Crippen LogP contribution in [0.4, 0.5) is 5.82 Å². The van der Waals surface area contributed by atoms with Crippen molar-refractivity contribution >= 4 is 5.82 Å². The zero-order chi connectivity index (χ0) is 13.3. The number of rotatable bonds is 2. The molecule has 0 aliphatic carbocycles. The molecule has 18 heavy (non-hydrogen) atoms. The van der Waals surface area contributed by atoms with Gasteiger partial charge < -0.3 is 5.73 Å². The molecule has 1 aromatic heterocycles. The Morgan fingerprint density at radius 1 is 1.28 bits per heavy atom. The lowest BCUT2D eigenvalue weighted by Gasteiger charge is -2.13. The van der Waals surface area contributed by atoms with Crippen LogP contribution in [-0.2, 0) is 6.42 Å². The Morgan fingerprint density at radius 3 is 2.50 bits per heavy atom.